The number of aromatic nitrogens is 4. The summed E-state index contributed by atoms with van der Waals surface area (Å²) in [6.45, 7) is 0. The average Bonchev–Trinajstić information content (AvgIpc) is 2.48. The zero-order valence-electron chi connectivity index (χ0n) is 9.95. The fourth-order valence-corrected chi connectivity index (χ4v) is 1.97. The van der Waals surface area contributed by atoms with E-state index in [2.05, 4.69) is 19.9 Å². The first-order chi connectivity index (χ1) is 9.33. The van der Waals surface area contributed by atoms with Gasteiger partial charge in [0, 0.05) is 30.2 Å². The number of hydrogen-bond acceptors (Lipinski definition) is 4. The third kappa shape index (κ3) is 2.56. The number of pyridine rings is 2. The molecule has 0 aliphatic carbocycles. The quantitative estimate of drug-likeness (QED) is 0.723. The molecule has 3 aromatic rings. The van der Waals surface area contributed by atoms with E-state index in [0.29, 0.717) is 10.5 Å². The van der Waals surface area contributed by atoms with Crippen molar-refractivity contribution < 1.29 is 0 Å². The van der Waals surface area contributed by atoms with Gasteiger partial charge in [0.1, 0.15) is 10.5 Å². The van der Waals surface area contributed by atoms with Gasteiger partial charge in [-0.05, 0) is 24.3 Å². The molecule has 92 valence electrons. The summed E-state index contributed by atoms with van der Waals surface area (Å²) >= 11 is 5.21. The van der Waals surface area contributed by atoms with Crippen LogP contribution < -0.4 is 0 Å². The summed E-state index contributed by atoms with van der Waals surface area (Å²) in [6, 6.07) is 11.3. The van der Waals surface area contributed by atoms with Gasteiger partial charge in [-0.2, -0.15) is 0 Å². The number of aromatic amines is 1. The first-order valence-electron chi connectivity index (χ1n) is 5.76. The Balaban J connectivity index is 2.15. The zero-order chi connectivity index (χ0) is 13.1. The second kappa shape index (κ2) is 5.07. The number of nitrogens with zero attached hydrogens (tertiary/aromatic N) is 3. The predicted octanol–water partition coefficient (Wildman–Crippen LogP) is 3.26. The van der Waals surface area contributed by atoms with Crippen LogP contribution in [0.25, 0.3) is 22.8 Å². The second-order valence-corrected chi connectivity index (χ2v) is 4.36. The van der Waals surface area contributed by atoms with Crippen molar-refractivity contribution in [1.82, 2.24) is 19.9 Å². The lowest BCUT2D eigenvalue weighted by atomic mass is 10.2. The Labute approximate surface area is 115 Å². The van der Waals surface area contributed by atoms with Crippen molar-refractivity contribution in [2.24, 2.45) is 0 Å². The van der Waals surface area contributed by atoms with Gasteiger partial charge in [-0.3, -0.25) is 9.97 Å². The van der Waals surface area contributed by atoms with Gasteiger partial charge >= 0.3 is 0 Å². The molecule has 3 heterocycles. The van der Waals surface area contributed by atoms with Gasteiger partial charge in [0.2, 0.25) is 0 Å². The van der Waals surface area contributed by atoms with Crippen molar-refractivity contribution in [3.05, 3.63) is 59.6 Å². The maximum atomic E-state index is 5.21. The van der Waals surface area contributed by atoms with E-state index in [9.17, 15) is 0 Å². The minimum absolute atomic E-state index is 0.526. The summed E-state index contributed by atoms with van der Waals surface area (Å²) in [6.07, 6.45) is 5.22. The summed E-state index contributed by atoms with van der Waals surface area (Å²) in [4.78, 5) is 15.9. The minimum Gasteiger partial charge on any atom is -0.338 e. The molecular formula is C14H10N4S. The second-order valence-electron chi connectivity index (χ2n) is 3.94. The topological polar surface area (TPSA) is 54.5 Å². The highest BCUT2D eigenvalue weighted by Crippen LogP contribution is 2.18. The van der Waals surface area contributed by atoms with Crippen LogP contribution in [-0.2, 0) is 0 Å². The molecule has 3 rings (SSSR count). The van der Waals surface area contributed by atoms with Crippen LogP contribution in [0.2, 0.25) is 0 Å². The highest BCUT2D eigenvalue weighted by atomic mass is 32.1. The highest BCUT2D eigenvalue weighted by Gasteiger charge is 2.04. The number of hydrogen-bond donors (Lipinski definition) is 1. The van der Waals surface area contributed by atoms with Crippen molar-refractivity contribution in [2.45, 2.75) is 0 Å². The maximum Gasteiger partial charge on any atom is 0.140 e. The Morgan fingerprint density at radius 1 is 1.05 bits per heavy atom. The van der Waals surface area contributed by atoms with Crippen LogP contribution in [0.15, 0.2) is 55.0 Å². The third-order valence-corrected chi connectivity index (χ3v) is 2.83. The van der Waals surface area contributed by atoms with Gasteiger partial charge in [0.05, 0.1) is 11.4 Å². The fraction of sp³-hybridized carbons (Fsp3) is 0. The number of nitrogens with one attached hydrogen (secondary N) is 1. The van der Waals surface area contributed by atoms with Crippen LogP contribution >= 0.6 is 12.2 Å². The summed E-state index contributed by atoms with van der Waals surface area (Å²) in [7, 11) is 0. The van der Waals surface area contributed by atoms with E-state index in [4.69, 9.17) is 12.2 Å². The van der Waals surface area contributed by atoms with Gasteiger partial charge in [-0.25, -0.2) is 4.98 Å². The molecule has 3 aromatic heterocycles. The molecule has 0 saturated heterocycles. The van der Waals surface area contributed by atoms with Gasteiger partial charge < -0.3 is 4.98 Å². The molecule has 0 amide bonds. The smallest absolute Gasteiger partial charge is 0.140 e. The molecule has 0 fully saturated rings. The lowest BCUT2D eigenvalue weighted by molar-refractivity contribution is 1.14. The molecule has 0 spiro atoms. The normalized spacial score (nSPS) is 10.3. The van der Waals surface area contributed by atoms with E-state index in [1.165, 1.54) is 0 Å². The third-order valence-electron chi connectivity index (χ3n) is 2.62. The average molecular weight is 266 g/mol. The van der Waals surface area contributed by atoms with E-state index >= 15 is 0 Å². The van der Waals surface area contributed by atoms with Crippen molar-refractivity contribution in [3.8, 4) is 22.8 Å². The van der Waals surface area contributed by atoms with Gasteiger partial charge in [-0.1, -0.05) is 18.3 Å². The molecule has 1 N–H and O–H groups in total. The van der Waals surface area contributed by atoms with Crippen LogP contribution in [0.3, 0.4) is 0 Å². The lowest BCUT2D eigenvalue weighted by Crippen LogP contribution is -1.94. The predicted molar refractivity (Wildman–Crippen MR) is 75.9 cm³/mol. The van der Waals surface area contributed by atoms with Crippen molar-refractivity contribution >= 4 is 12.2 Å². The summed E-state index contributed by atoms with van der Waals surface area (Å²) in [5.74, 6) is 0.696. The molecule has 0 bridgehead atoms. The van der Waals surface area contributed by atoms with Crippen molar-refractivity contribution in [1.29, 1.82) is 0 Å². The summed E-state index contributed by atoms with van der Waals surface area (Å²) in [5, 5.41) is 0. The summed E-state index contributed by atoms with van der Waals surface area (Å²) in [5.41, 5.74) is 2.58. The zero-order valence-corrected chi connectivity index (χ0v) is 10.8. The van der Waals surface area contributed by atoms with E-state index in [1.54, 1.807) is 24.7 Å². The Morgan fingerprint density at radius 3 is 2.74 bits per heavy atom. The maximum absolute atomic E-state index is 5.21. The Kier molecular flexibility index (Phi) is 3.12. The van der Waals surface area contributed by atoms with Crippen LogP contribution in [0.4, 0.5) is 0 Å². The molecule has 4 nitrogen and oxygen atoms in total. The van der Waals surface area contributed by atoms with Crippen molar-refractivity contribution in [3.63, 3.8) is 0 Å². The molecule has 0 aromatic carbocycles. The number of rotatable bonds is 2. The van der Waals surface area contributed by atoms with E-state index in [-0.39, 0.29) is 0 Å². The molecule has 0 radical (unpaired) electrons. The molecule has 0 aliphatic rings. The van der Waals surface area contributed by atoms with Crippen LogP contribution in [0, 0.1) is 4.64 Å². The fourth-order valence-electron chi connectivity index (χ4n) is 1.76. The molecule has 19 heavy (non-hydrogen) atoms. The molecular weight excluding hydrogens is 256 g/mol. The highest BCUT2D eigenvalue weighted by molar-refractivity contribution is 7.71. The Bertz CT molecular complexity index is 677. The first kappa shape index (κ1) is 11.7. The standard InChI is InChI=1S/C14H10N4S/c19-13-8-12(11-5-1-2-7-16-11)17-14(18-13)10-4-3-6-15-9-10/h1-9H,(H,17,18,19). The summed E-state index contributed by atoms with van der Waals surface area (Å²) < 4.78 is 0.526. The van der Waals surface area contributed by atoms with Crippen molar-refractivity contribution in [2.75, 3.05) is 0 Å². The Morgan fingerprint density at radius 2 is 2.00 bits per heavy atom. The van der Waals surface area contributed by atoms with Gasteiger partial charge in [0.15, 0.2) is 0 Å². The molecule has 0 unspecified atom stereocenters. The van der Waals surface area contributed by atoms with Crippen LogP contribution in [-0.4, -0.2) is 19.9 Å². The van der Waals surface area contributed by atoms with Crippen LogP contribution in [0.1, 0.15) is 0 Å². The SMILES string of the molecule is S=c1cc(-c2ccccn2)[nH]c(-c2cccnc2)n1. The molecule has 0 saturated carbocycles. The van der Waals surface area contributed by atoms with Gasteiger partial charge in [0.25, 0.3) is 0 Å². The largest absolute Gasteiger partial charge is 0.338 e. The van der Waals surface area contributed by atoms with Gasteiger partial charge in [-0.15, -0.1) is 0 Å². The van der Waals surface area contributed by atoms with E-state index in [0.717, 1.165) is 17.0 Å². The lowest BCUT2D eigenvalue weighted by Gasteiger charge is -2.05. The van der Waals surface area contributed by atoms with Crippen LogP contribution in [0.5, 0.6) is 0 Å². The minimum atomic E-state index is 0.526. The molecule has 5 heteroatoms. The van der Waals surface area contributed by atoms with E-state index < -0.39 is 0 Å². The monoisotopic (exact) mass is 266 g/mol. The molecule has 0 atom stereocenters. The Hall–Kier alpha value is -2.40. The molecule has 0 aliphatic heterocycles. The first-order valence-corrected chi connectivity index (χ1v) is 6.17. The number of H-pyrrole nitrogens is 1. The van der Waals surface area contributed by atoms with E-state index in [1.807, 2.05) is 30.3 Å².